The Morgan fingerprint density at radius 3 is 2.69 bits per heavy atom. The van der Waals surface area contributed by atoms with Gasteiger partial charge in [-0.1, -0.05) is 17.7 Å². The zero-order chi connectivity index (χ0) is 12.2. The standard InChI is InChI=1S/C9H10ClNO4S/c10-7-2-1-3-8(6-7)16(14,15)11-5-4-9(12)13/h1-3,6,11H,4-5H2,(H,12,13). The van der Waals surface area contributed by atoms with Crippen molar-refractivity contribution in [3.8, 4) is 0 Å². The largest absolute Gasteiger partial charge is 0.481 e. The van der Waals surface area contributed by atoms with Gasteiger partial charge in [-0.15, -0.1) is 0 Å². The van der Waals surface area contributed by atoms with Gasteiger partial charge in [0.25, 0.3) is 0 Å². The van der Waals surface area contributed by atoms with Crippen LogP contribution in [0.25, 0.3) is 0 Å². The van der Waals surface area contributed by atoms with Crippen molar-refractivity contribution in [2.75, 3.05) is 6.54 Å². The van der Waals surface area contributed by atoms with E-state index in [0.717, 1.165) is 0 Å². The molecule has 0 radical (unpaired) electrons. The van der Waals surface area contributed by atoms with Crippen molar-refractivity contribution in [1.29, 1.82) is 0 Å². The predicted octanol–water partition coefficient (Wildman–Crippen LogP) is 1.09. The maximum absolute atomic E-state index is 11.6. The third-order valence-corrected chi connectivity index (χ3v) is 3.43. The van der Waals surface area contributed by atoms with Crippen molar-refractivity contribution < 1.29 is 18.3 Å². The topological polar surface area (TPSA) is 83.5 Å². The van der Waals surface area contributed by atoms with Crippen LogP contribution < -0.4 is 4.72 Å². The highest BCUT2D eigenvalue weighted by Gasteiger charge is 2.13. The van der Waals surface area contributed by atoms with Crippen molar-refractivity contribution in [3.63, 3.8) is 0 Å². The van der Waals surface area contributed by atoms with Gasteiger partial charge in [-0.05, 0) is 18.2 Å². The number of hydrogen-bond acceptors (Lipinski definition) is 3. The van der Waals surface area contributed by atoms with E-state index in [1.807, 2.05) is 0 Å². The number of nitrogens with one attached hydrogen (secondary N) is 1. The molecule has 0 atom stereocenters. The lowest BCUT2D eigenvalue weighted by Crippen LogP contribution is -2.26. The minimum Gasteiger partial charge on any atom is -0.481 e. The smallest absolute Gasteiger partial charge is 0.304 e. The van der Waals surface area contributed by atoms with Crippen molar-refractivity contribution in [1.82, 2.24) is 4.72 Å². The minimum absolute atomic E-state index is 0.0189. The van der Waals surface area contributed by atoms with E-state index in [1.165, 1.54) is 18.2 Å². The second-order valence-corrected chi connectivity index (χ2v) is 5.20. The SMILES string of the molecule is O=C(O)CCNS(=O)(=O)c1cccc(Cl)c1. The van der Waals surface area contributed by atoms with Crippen LogP contribution in [0.5, 0.6) is 0 Å². The second-order valence-electron chi connectivity index (χ2n) is 3.00. The molecule has 0 saturated carbocycles. The highest BCUT2D eigenvalue weighted by atomic mass is 35.5. The number of benzene rings is 1. The highest BCUT2D eigenvalue weighted by Crippen LogP contribution is 2.14. The number of hydrogen-bond donors (Lipinski definition) is 2. The lowest BCUT2D eigenvalue weighted by Gasteiger charge is -2.05. The number of aliphatic carboxylic acids is 1. The summed E-state index contributed by atoms with van der Waals surface area (Å²) in [5.41, 5.74) is 0. The average molecular weight is 264 g/mol. The van der Waals surface area contributed by atoms with Crippen LogP contribution >= 0.6 is 11.6 Å². The molecule has 0 heterocycles. The van der Waals surface area contributed by atoms with Crippen LogP contribution in [-0.4, -0.2) is 26.0 Å². The van der Waals surface area contributed by atoms with Gasteiger partial charge >= 0.3 is 5.97 Å². The summed E-state index contributed by atoms with van der Waals surface area (Å²) < 4.78 is 25.4. The van der Waals surface area contributed by atoms with Crippen molar-refractivity contribution in [3.05, 3.63) is 29.3 Å². The summed E-state index contributed by atoms with van der Waals surface area (Å²) in [7, 11) is -3.68. The van der Waals surface area contributed by atoms with Gasteiger partial charge < -0.3 is 5.11 Å². The van der Waals surface area contributed by atoms with Gasteiger partial charge in [-0.2, -0.15) is 0 Å². The zero-order valence-electron chi connectivity index (χ0n) is 8.18. The number of halogens is 1. The van der Waals surface area contributed by atoms with Gasteiger partial charge in [0.1, 0.15) is 0 Å². The number of carbonyl (C=O) groups is 1. The Balaban J connectivity index is 2.74. The molecule has 2 N–H and O–H groups in total. The summed E-state index contributed by atoms with van der Waals surface area (Å²) in [5, 5.41) is 8.68. The quantitative estimate of drug-likeness (QED) is 0.833. The minimum atomic E-state index is -3.68. The summed E-state index contributed by atoms with van der Waals surface area (Å²) in [5.74, 6) is -1.06. The molecule has 7 heteroatoms. The molecule has 0 amide bonds. The van der Waals surface area contributed by atoms with E-state index in [2.05, 4.69) is 4.72 Å². The molecule has 0 spiro atoms. The Morgan fingerprint density at radius 2 is 2.12 bits per heavy atom. The molecular formula is C9H10ClNO4S. The van der Waals surface area contributed by atoms with Gasteiger partial charge in [0, 0.05) is 11.6 Å². The molecule has 16 heavy (non-hydrogen) atoms. The third kappa shape index (κ3) is 3.80. The molecule has 5 nitrogen and oxygen atoms in total. The van der Waals surface area contributed by atoms with Gasteiger partial charge in [0.15, 0.2) is 0 Å². The average Bonchev–Trinajstić information content (AvgIpc) is 2.16. The van der Waals surface area contributed by atoms with E-state index in [-0.39, 0.29) is 17.9 Å². The molecular weight excluding hydrogens is 254 g/mol. The van der Waals surface area contributed by atoms with Gasteiger partial charge in [-0.3, -0.25) is 4.79 Å². The highest BCUT2D eigenvalue weighted by molar-refractivity contribution is 7.89. The summed E-state index contributed by atoms with van der Waals surface area (Å²) in [6, 6.07) is 5.74. The second kappa shape index (κ2) is 5.29. The fourth-order valence-electron chi connectivity index (χ4n) is 1.01. The van der Waals surface area contributed by atoms with Crippen LogP contribution in [0.1, 0.15) is 6.42 Å². The fraction of sp³-hybridized carbons (Fsp3) is 0.222. The van der Waals surface area contributed by atoms with Gasteiger partial charge in [-0.25, -0.2) is 13.1 Å². The van der Waals surface area contributed by atoms with E-state index in [0.29, 0.717) is 5.02 Å². The maximum Gasteiger partial charge on any atom is 0.304 e. The third-order valence-electron chi connectivity index (χ3n) is 1.74. The number of carboxylic acids is 1. The summed E-state index contributed by atoms with van der Waals surface area (Å²) >= 11 is 5.65. The first kappa shape index (κ1) is 13.0. The van der Waals surface area contributed by atoms with Crippen molar-refractivity contribution in [2.24, 2.45) is 0 Å². The van der Waals surface area contributed by atoms with Gasteiger partial charge in [0.05, 0.1) is 11.3 Å². The molecule has 0 aliphatic carbocycles. The molecule has 0 aliphatic rings. The first-order valence-corrected chi connectivity index (χ1v) is 6.25. The van der Waals surface area contributed by atoms with Crippen molar-refractivity contribution in [2.45, 2.75) is 11.3 Å². The Labute approximate surface area is 98.1 Å². The van der Waals surface area contributed by atoms with E-state index in [1.54, 1.807) is 6.07 Å². The molecule has 1 rings (SSSR count). The Morgan fingerprint density at radius 1 is 1.44 bits per heavy atom. The van der Waals surface area contributed by atoms with Crippen LogP contribution in [0.15, 0.2) is 29.2 Å². The summed E-state index contributed by atoms with van der Waals surface area (Å²) in [4.78, 5) is 10.2. The number of sulfonamides is 1. The predicted molar refractivity (Wildman–Crippen MR) is 58.9 cm³/mol. The molecule has 0 fully saturated rings. The molecule has 0 saturated heterocycles. The van der Waals surface area contributed by atoms with Crippen LogP contribution in [0.3, 0.4) is 0 Å². The molecule has 88 valence electrons. The summed E-state index contributed by atoms with van der Waals surface area (Å²) in [6.45, 7) is -0.149. The summed E-state index contributed by atoms with van der Waals surface area (Å²) in [6.07, 6.45) is -0.264. The molecule has 1 aromatic carbocycles. The first-order chi connectivity index (χ1) is 7.42. The number of rotatable bonds is 5. The van der Waals surface area contributed by atoms with Crippen LogP contribution in [0, 0.1) is 0 Å². The van der Waals surface area contributed by atoms with Crippen LogP contribution in [0.2, 0.25) is 5.02 Å². The molecule has 0 aliphatic heterocycles. The fourth-order valence-corrected chi connectivity index (χ4v) is 2.34. The normalized spacial score (nSPS) is 11.3. The van der Waals surface area contributed by atoms with E-state index in [9.17, 15) is 13.2 Å². The van der Waals surface area contributed by atoms with E-state index < -0.39 is 16.0 Å². The first-order valence-electron chi connectivity index (χ1n) is 4.39. The van der Waals surface area contributed by atoms with Gasteiger partial charge in [0.2, 0.25) is 10.0 Å². The van der Waals surface area contributed by atoms with Crippen LogP contribution in [0.4, 0.5) is 0 Å². The Kier molecular flexibility index (Phi) is 4.28. The maximum atomic E-state index is 11.6. The van der Waals surface area contributed by atoms with E-state index in [4.69, 9.17) is 16.7 Å². The lowest BCUT2D eigenvalue weighted by molar-refractivity contribution is -0.136. The van der Waals surface area contributed by atoms with E-state index >= 15 is 0 Å². The molecule has 0 bridgehead atoms. The van der Waals surface area contributed by atoms with Crippen LogP contribution in [-0.2, 0) is 14.8 Å². The Bertz CT molecular complexity index is 486. The monoisotopic (exact) mass is 263 g/mol. The zero-order valence-corrected chi connectivity index (χ0v) is 9.75. The molecule has 0 unspecified atom stereocenters. The lowest BCUT2D eigenvalue weighted by atomic mass is 10.4. The molecule has 1 aromatic rings. The Hall–Kier alpha value is -1.11. The molecule has 0 aromatic heterocycles. The number of carboxylic acid groups (broad SMARTS) is 1. The van der Waals surface area contributed by atoms with Crippen molar-refractivity contribution >= 4 is 27.6 Å².